The van der Waals surface area contributed by atoms with Crippen LogP contribution in [0, 0.1) is 0 Å². The first-order valence-corrected chi connectivity index (χ1v) is 14.0. The van der Waals surface area contributed by atoms with Crippen molar-refractivity contribution in [2.24, 2.45) is 0 Å². The molecule has 2 N–H and O–H groups in total. The number of nitrogens with one attached hydrogen (secondary N) is 2. The minimum absolute atomic E-state index is 0.170. The zero-order chi connectivity index (χ0) is 26.3. The minimum atomic E-state index is -0.745. The summed E-state index contributed by atoms with van der Waals surface area (Å²) in [7, 11) is 0. The molecule has 0 fully saturated rings. The smallest absolute Gasteiger partial charge is 0.407 e. The summed E-state index contributed by atoms with van der Waals surface area (Å²) in [5.74, 6) is -0.170. The van der Waals surface area contributed by atoms with Crippen LogP contribution in [0.1, 0.15) is 41.5 Å². The molecular formula is C27H33N3O5S2. The molecule has 0 saturated heterocycles. The molecule has 0 saturated carbocycles. The van der Waals surface area contributed by atoms with Crippen molar-refractivity contribution in [1.82, 2.24) is 15.5 Å². The third-order valence-corrected chi connectivity index (χ3v) is 7.15. The highest BCUT2D eigenvalue weighted by molar-refractivity contribution is 7.10. The van der Waals surface area contributed by atoms with Crippen molar-refractivity contribution < 1.29 is 23.9 Å². The Bertz CT molecular complexity index is 1040. The number of rotatable bonds is 14. The van der Waals surface area contributed by atoms with Crippen LogP contribution in [-0.4, -0.2) is 42.2 Å². The van der Waals surface area contributed by atoms with Crippen molar-refractivity contribution in [3.05, 3.63) is 80.7 Å². The first kappa shape index (κ1) is 28.2. The highest BCUT2D eigenvalue weighted by atomic mass is 32.1. The fourth-order valence-corrected chi connectivity index (χ4v) is 5.06. The summed E-state index contributed by atoms with van der Waals surface area (Å²) in [6.45, 7) is 3.46. The number of nitrogens with zero attached hydrogens (tertiary/aromatic N) is 1. The SMILES string of the molecule is CCOC(=O)NC(CCCCOC(=O)NCc1ccccc1)C(=O)N(Cc1cccs1)Cc1cccs1. The highest BCUT2D eigenvalue weighted by Gasteiger charge is 2.27. The molecule has 10 heteroatoms. The second kappa shape index (κ2) is 15.7. The highest BCUT2D eigenvalue weighted by Crippen LogP contribution is 2.19. The normalized spacial score (nSPS) is 11.4. The molecule has 3 amide bonds. The van der Waals surface area contributed by atoms with Gasteiger partial charge in [-0.2, -0.15) is 0 Å². The van der Waals surface area contributed by atoms with Gasteiger partial charge in [-0.1, -0.05) is 42.5 Å². The summed E-state index contributed by atoms with van der Waals surface area (Å²) in [5.41, 5.74) is 0.987. The molecule has 0 aliphatic heterocycles. The summed E-state index contributed by atoms with van der Waals surface area (Å²) < 4.78 is 10.3. The van der Waals surface area contributed by atoms with Crippen LogP contribution in [0.15, 0.2) is 65.4 Å². The van der Waals surface area contributed by atoms with Gasteiger partial charge in [0.1, 0.15) is 6.04 Å². The van der Waals surface area contributed by atoms with Crippen LogP contribution >= 0.6 is 22.7 Å². The maximum Gasteiger partial charge on any atom is 0.407 e. The maximum atomic E-state index is 13.6. The Morgan fingerprint density at radius 2 is 1.54 bits per heavy atom. The Hall–Kier alpha value is -3.37. The fourth-order valence-electron chi connectivity index (χ4n) is 3.62. The van der Waals surface area contributed by atoms with Crippen LogP contribution in [0.2, 0.25) is 0 Å². The number of carbonyl (C=O) groups excluding carboxylic acids is 3. The monoisotopic (exact) mass is 543 g/mol. The molecule has 0 spiro atoms. The standard InChI is InChI=1S/C27H33N3O5S2/c1-2-34-27(33)29-24(14-6-7-15-35-26(32)28-18-21-10-4-3-5-11-21)25(31)30(19-22-12-8-16-36-22)20-23-13-9-17-37-23/h3-5,8-13,16-17,24H,2,6-7,14-15,18-20H2,1H3,(H,28,32)(H,29,33). The molecule has 3 rings (SSSR count). The molecule has 1 atom stereocenters. The van der Waals surface area contributed by atoms with Gasteiger partial charge in [0.05, 0.1) is 26.3 Å². The van der Waals surface area contributed by atoms with E-state index in [1.165, 1.54) is 0 Å². The molecule has 3 aromatic rings. The largest absolute Gasteiger partial charge is 0.450 e. The van der Waals surface area contributed by atoms with Crippen molar-refractivity contribution in [1.29, 1.82) is 0 Å². The number of benzene rings is 1. The van der Waals surface area contributed by atoms with Gasteiger partial charge < -0.3 is 25.0 Å². The number of unbranched alkanes of at least 4 members (excludes halogenated alkanes) is 1. The Balaban J connectivity index is 1.52. The van der Waals surface area contributed by atoms with E-state index in [0.29, 0.717) is 38.9 Å². The third kappa shape index (κ3) is 10.3. The molecule has 0 aliphatic rings. The molecule has 2 heterocycles. The van der Waals surface area contributed by atoms with E-state index in [9.17, 15) is 14.4 Å². The number of thiophene rings is 2. The molecule has 2 aromatic heterocycles. The van der Waals surface area contributed by atoms with E-state index in [1.54, 1.807) is 34.5 Å². The Labute approximate surface area is 225 Å². The number of alkyl carbamates (subject to hydrolysis) is 2. The lowest BCUT2D eigenvalue weighted by Gasteiger charge is -2.27. The van der Waals surface area contributed by atoms with Crippen LogP contribution in [0.25, 0.3) is 0 Å². The second-order valence-electron chi connectivity index (χ2n) is 8.24. The van der Waals surface area contributed by atoms with Gasteiger partial charge in [0, 0.05) is 16.3 Å². The Morgan fingerprint density at radius 3 is 2.14 bits per heavy atom. The van der Waals surface area contributed by atoms with E-state index in [0.717, 1.165) is 15.3 Å². The van der Waals surface area contributed by atoms with E-state index >= 15 is 0 Å². The number of amides is 3. The Morgan fingerprint density at radius 1 is 0.865 bits per heavy atom. The first-order chi connectivity index (χ1) is 18.0. The quantitative estimate of drug-likeness (QED) is 0.260. The summed E-state index contributed by atoms with van der Waals surface area (Å²) in [6.07, 6.45) is 0.436. The van der Waals surface area contributed by atoms with Crippen LogP contribution in [0.3, 0.4) is 0 Å². The van der Waals surface area contributed by atoms with Gasteiger partial charge in [-0.15, -0.1) is 22.7 Å². The van der Waals surface area contributed by atoms with E-state index in [4.69, 9.17) is 9.47 Å². The fraction of sp³-hybridized carbons (Fsp3) is 0.370. The van der Waals surface area contributed by atoms with Crippen molar-refractivity contribution in [2.75, 3.05) is 13.2 Å². The van der Waals surface area contributed by atoms with Crippen LogP contribution in [0.4, 0.5) is 9.59 Å². The molecule has 1 aromatic carbocycles. The number of hydrogen-bond acceptors (Lipinski definition) is 7. The zero-order valence-corrected chi connectivity index (χ0v) is 22.5. The van der Waals surface area contributed by atoms with Gasteiger partial charge in [0.15, 0.2) is 0 Å². The summed E-state index contributed by atoms with van der Waals surface area (Å²) >= 11 is 3.18. The Kier molecular flexibility index (Phi) is 12.0. The van der Waals surface area contributed by atoms with Crippen LogP contribution in [-0.2, 0) is 33.9 Å². The average Bonchev–Trinajstić information content (AvgIpc) is 3.61. The van der Waals surface area contributed by atoms with Crippen molar-refractivity contribution in [2.45, 2.75) is 51.9 Å². The van der Waals surface area contributed by atoms with E-state index in [2.05, 4.69) is 10.6 Å². The van der Waals surface area contributed by atoms with Crippen LogP contribution < -0.4 is 10.6 Å². The lowest BCUT2D eigenvalue weighted by Crippen LogP contribution is -2.48. The minimum Gasteiger partial charge on any atom is -0.450 e. The van der Waals surface area contributed by atoms with Crippen molar-refractivity contribution in [3.63, 3.8) is 0 Å². The molecule has 8 nitrogen and oxygen atoms in total. The lowest BCUT2D eigenvalue weighted by atomic mass is 10.1. The summed E-state index contributed by atoms with van der Waals surface area (Å²) in [6, 6.07) is 16.7. The van der Waals surface area contributed by atoms with E-state index in [1.807, 2.05) is 65.4 Å². The molecule has 198 valence electrons. The maximum absolute atomic E-state index is 13.6. The predicted molar refractivity (Wildman–Crippen MR) is 145 cm³/mol. The summed E-state index contributed by atoms with van der Waals surface area (Å²) in [4.78, 5) is 41.7. The molecular weight excluding hydrogens is 510 g/mol. The molecule has 37 heavy (non-hydrogen) atoms. The molecule has 0 radical (unpaired) electrons. The zero-order valence-electron chi connectivity index (χ0n) is 20.9. The van der Waals surface area contributed by atoms with Gasteiger partial charge in [-0.05, 0) is 54.6 Å². The molecule has 0 bridgehead atoms. The topological polar surface area (TPSA) is 97.0 Å². The number of ether oxygens (including phenoxy) is 2. The second-order valence-corrected chi connectivity index (χ2v) is 10.3. The van der Waals surface area contributed by atoms with Gasteiger partial charge in [-0.25, -0.2) is 9.59 Å². The van der Waals surface area contributed by atoms with Gasteiger partial charge >= 0.3 is 12.2 Å². The van der Waals surface area contributed by atoms with Gasteiger partial charge in [0.25, 0.3) is 0 Å². The summed E-state index contributed by atoms with van der Waals surface area (Å²) in [5, 5.41) is 9.41. The number of hydrogen-bond donors (Lipinski definition) is 2. The van der Waals surface area contributed by atoms with Crippen molar-refractivity contribution >= 4 is 40.8 Å². The first-order valence-electron chi connectivity index (χ1n) is 12.3. The number of carbonyl (C=O) groups is 3. The molecule has 1 unspecified atom stereocenters. The van der Waals surface area contributed by atoms with E-state index < -0.39 is 18.2 Å². The van der Waals surface area contributed by atoms with Gasteiger partial charge in [0.2, 0.25) is 5.91 Å². The lowest BCUT2D eigenvalue weighted by molar-refractivity contribution is -0.134. The molecule has 0 aliphatic carbocycles. The van der Waals surface area contributed by atoms with Crippen LogP contribution in [0.5, 0.6) is 0 Å². The van der Waals surface area contributed by atoms with E-state index in [-0.39, 0.29) is 19.1 Å². The average molecular weight is 544 g/mol. The van der Waals surface area contributed by atoms with Crippen molar-refractivity contribution in [3.8, 4) is 0 Å². The predicted octanol–water partition coefficient (Wildman–Crippen LogP) is 5.55. The van der Waals surface area contributed by atoms with Gasteiger partial charge in [-0.3, -0.25) is 4.79 Å². The third-order valence-electron chi connectivity index (χ3n) is 5.43.